The van der Waals surface area contributed by atoms with E-state index in [1.54, 1.807) is 0 Å². The maximum absolute atomic E-state index is 12.8. The molecular weight excluding hydrogens is 320 g/mol. The second kappa shape index (κ2) is 7.36. The smallest absolute Gasteiger partial charge is 0.254 e. The Morgan fingerprint density at radius 2 is 1.83 bits per heavy atom. The maximum Gasteiger partial charge on any atom is 0.254 e. The lowest BCUT2D eigenvalue weighted by Gasteiger charge is -2.57. The van der Waals surface area contributed by atoms with Crippen molar-refractivity contribution in [2.24, 2.45) is 0 Å². The molecule has 4 nitrogen and oxygen atoms in total. The molecule has 3 unspecified atom stereocenters. The van der Waals surface area contributed by atoms with Crippen LogP contribution in [0.2, 0.25) is 0 Å². The van der Waals surface area contributed by atoms with Crippen LogP contribution < -0.4 is 4.74 Å². The van der Waals surface area contributed by atoms with Gasteiger partial charge < -0.3 is 9.64 Å². The number of piperidine rings is 1. The van der Waals surface area contributed by atoms with E-state index in [0.717, 1.165) is 36.6 Å². The molecule has 0 spiro atoms. The Balaban J connectivity index is 1.61. The molecule has 2 bridgehead atoms. The van der Waals surface area contributed by atoms with Crippen molar-refractivity contribution in [3.05, 3.63) is 29.8 Å². The van der Waals surface area contributed by atoms with Gasteiger partial charge in [-0.05, 0) is 57.2 Å². The quantitative estimate of drug-likeness (QED) is 0.788. The van der Waals surface area contributed by atoms with Gasteiger partial charge in [-0.25, -0.2) is 0 Å². The molecule has 3 heterocycles. The molecule has 24 heavy (non-hydrogen) atoms. The zero-order chi connectivity index (χ0) is 17.3. The molecule has 3 aliphatic heterocycles. The Morgan fingerprint density at radius 1 is 1.21 bits per heavy atom. The third kappa shape index (κ3) is 3.57. The highest BCUT2D eigenvalue weighted by atomic mass is 32.2. The number of hydrogen-bond acceptors (Lipinski definition) is 4. The van der Waals surface area contributed by atoms with Crippen molar-refractivity contribution >= 4 is 17.7 Å². The summed E-state index contributed by atoms with van der Waals surface area (Å²) in [4.78, 5) is 17.5. The fraction of sp³-hybridized carbons (Fsp3) is 0.632. The number of ether oxygens (including phenoxy) is 1. The number of nitrogens with zero attached hydrogens (tertiary/aromatic N) is 2. The van der Waals surface area contributed by atoms with Gasteiger partial charge in [-0.1, -0.05) is 6.92 Å². The van der Waals surface area contributed by atoms with Crippen LogP contribution in [-0.4, -0.2) is 58.1 Å². The van der Waals surface area contributed by atoms with Crippen LogP contribution in [0, 0.1) is 0 Å². The molecule has 1 aromatic rings. The van der Waals surface area contributed by atoms with E-state index in [0.29, 0.717) is 17.5 Å². The molecule has 3 atom stereocenters. The van der Waals surface area contributed by atoms with E-state index in [1.807, 2.05) is 49.9 Å². The minimum atomic E-state index is 0.148. The van der Waals surface area contributed by atoms with Crippen LogP contribution in [0.25, 0.3) is 0 Å². The Hall–Kier alpha value is -1.20. The summed E-state index contributed by atoms with van der Waals surface area (Å²) in [6.45, 7) is 10.5. The van der Waals surface area contributed by atoms with E-state index in [1.165, 1.54) is 0 Å². The molecule has 0 radical (unpaired) electrons. The van der Waals surface area contributed by atoms with Gasteiger partial charge in [0, 0.05) is 30.7 Å². The lowest BCUT2D eigenvalue weighted by Crippen LogP contribution is -2.70. The molecule has 3 aliphatic rings. The average molecular weight is 349 g/mol. The molecule has 5 heteroatoms. The van der Waals surface area contributed by atoms with Gasteiger partial charge in [0.15, 0.2) is 0 Å². The summed E-state index contributed by atoms with van der Waals surface area (Å²) < 4.78 is 5.65. The van der Waals surface area contributed by atoms with E-state index < -0.39 is 0 Å². The first-order valence-electron chi connectivity index (χ1n) is 8.94. The lowest BCUT2D eigenvalue weighted by molar-refractivity contribution is -0.0493. The third-order valence-corrected chi connectivity index (χ3v) is 5.96. The van der Waals surface area contributed by atoms with Gasteiger partial charge in [-0.3, -0.25) is 9.69 Å². The van der Waals surface area contributed by atoms with E-state index >= 15 is 0 Å². The predicted octanol–water partition coefficient (Wildman–Crippen LogP) is 3.47. The summed E-state index contributed by atoms with van der Waals surface area (Å²) >= 11 is 1.98. The van der Waals surface area contributed by atoms with Crippen molar-refractivity contribution in [2.75, 3.05) is 18.8 Å². The van der Waals surface area contributed by atoms with Crippen molar-refractivity contribution in [1.29, 1.82) is 0 Å². The minimum Gasteiger partial charge on any atom is -0.491 e. The molecule has 3 fully saturated rings. The molecule has 4 rings (SSSR count). The van der Waals surface area contributed by atoms with E-state index in [9.17, 15) is 4.79 Å². The number of amides is 1. The van der Waals surface area contributed by atoms with Crippen molar-refractivity contribution in [1.82, 2.24) is 9.80 Å². The van der Waals surface area contributed by atoms with Gasteiger partial charge in [0.05, 0.1) is 11.5 Å². The number of hydrogen-bond donors (Lipinski definition) is 0. The second-order valence-electron chi connectivity index (χ2n) is 6.96. The number of benzene rings is 1. The fourth-order valence-corrected chi connectivity index (χ4v) is 4.58. The SMILES string of the molecule is CCSC(C)N1CC2CC(C1)N2C(=O)c1ccc(OC(C)C)cc1. The highest BCUT2D eigenvalue weighted by molar-refractivity contribution is 7.99. The molecule has 132 valence electrons. The van der Waals surface area contributed by atoms with Crippen LogP contribution in [-0.2, 0) is 0 Å². The Kier molecular flexibility index (Phi) is 5.40. The summed E-state index contributed by atoms with van der Waals surface area (Å²) in [5, 5.41) is 0.546. The molecule has 0 aromatic heterocycles. The fourth-order valence-electron chi connectivity index (χ4n) is 3.71. The molecule has 0 saturated carbocycles. The van der Waals surface area contributed by atoms with E-state index in [-0.39, 0.29) is 12.0 Å². The molecule has 3 saturated heterocycles. The zero-order valence-corrected chi connectivity index (χ0v) is 15.9. The van der Waals surface area contributed by atoms with Crippen molar-refractivity contribution in [2.45, 2.75) is 57.7 Å². The lowest BCUT2D eigenvalue weighted by atomic mass is 9.86. The molecule has 0 N–H and O–H groups in total. The summed E-state index contributed by atoms with van der Waals surface area (Å²) in [6.07, 6.45) is 1.30. The first-order chi connectivity index (χ1) is 11.5. The second-order valence-corrected chi connectivity index (χ2v) is 8.55. The van der Waals surface area contributed by atoms with Crippen LogP contribution in [0.4, 0.5) is 0 Å². The maximum atomic E-state index is 12.8. The Morgan fingerprint density at radius 3 is 2.38 bits per heavy atom. The summed E-state index contributed by atoms with van der Waals surface area (Å²) in [5.41, 5.74) is 0.769. The highest BCUT2D eigenvalue weighted by Crippen LogP contribution is 2.36. The topological polar surface area (TPSA) is 32.8 Å². The number of carbonyl (C=O) groups is 1. The van der Waals surface area contributed by atoms with Crippen LogP contribution in [0.15, 0.2) is 24.3 Å². The normalized spacial score (nSPS) is 24.6. The predicted molar refractivity (Wildman–Crippen MR) is 99.7 cm³/mol. The Labute approximate surface area is 149 Å². The highest BCUT2D eigenvalue weighted by Gasteiger charge is 2.48. The summed E-state index contributed by atoms with van der Waals surface area (Å²) in [7, 11) is 0. The van der Waals surface area contributed by atoms with Crippen molar-refractivity contribution in [3.8, 4) is 5.75 Å². The zero-order valence-electron chi connectivity index (χ0n) is 15.1. The molecule has 0 aliphatic carbocycles. The number of piperazine rings is 1. The number of fused-ring (bicyclic) bond motifs is 2. The monoisotopic (exact) mass is 348 g/mol. The van der Waals surface area contributed by atoms with Crippen LogP contribution in [0.3, 0.4) is 0 Å². The van der Waals surface area contributed by atoms with Gasteiger partial charge in [0.1, 0.15) is 5.75 Å². The molecule has 1 amide bonds. The van der Waals surface area contributed by atoms with Crippen LogP contribution >= 0.6 is 11.8 Å². The van der Waals surface area contributed by atoms with Crippen LogP contribution in [0.5, 0.6) is 5.75 Å². The number of carbonyl (C=O) groups excluding carboxylic acids is 1. The van der Waals surface area contributed by atoms with Gasteiger partial charge >= 0.3 is 0 Å². The van der Waals surface area contributed by atoms with Gasteiger partial charge in [-0.15, -0.1) is 11.8 Å². The average Bonchev–Trinajstić information content (AvgIpc) is 2.55. The first-order valence-corrected chi connectivity index (χ1v) is 9.99. The van der Waals surface area contributed by atoms with Crippen molar-refractivity contribution in [3.63, 3.8) is 0 Å². The standard InChI is InChI=1S/C19H28N2O2S/c1-5-24-14(4)20-11-16-10-17(12-20)21(16)19(22)15-6-8-18(9-7-15)23-13(2)3/h6-9,13-14,16-17H,5,10-12H2,1-4H3. The molecule has 1 aromatic carbocycles. The van der Waals surface area contributed by atoms with E-state index in [2.05, 4.69) is 23.6 Å². The molecular formula is C19H28N2O2S. The van der Waals surface area contributed by atoms with Crippen LogP contribution in [0.1, 0.15) is 44.5 Å². The number of thioether (sulfide) groups is 1. The first kappa shape index (κ1) is 17.6. The number of rotatable bonds is 6. The van der Waals surface area contributed by atoms with Gasteiger partial charge in [0.25, 0.3) is 5.91 Å². The van der Waals surface area contributed by atoms with Gasteiger partial charge in [-0.2, -0.15) is 0 Å². The largest absolute Gasteiger partial charge is 0.491 e. The third-order valence-electron chi connectivity index (χ3n) is 4.85. The van der Waals surface area contributed by atoms with E-state index in [4.69, 9.17) is 4.74 Å². The minimum absolute atomic E-state index is 0.148. The van der Waals surface area contributed by atoms with Gasteiger partial charge in [0.2, 0.25) is 0 Å². The Bertz CT molecular complexity index is 563. The summed E-state index contributed by atoms with van der Waals surface area (Å²) in [6, 6.07) is 8.33. The van der Waals surface area contributed by atoms with Crippen molar-refractivity contribution < 1.29 is 9.53 Å². The summed E-state index contributed by atoms with van der Waals surface area (Å²) in [5.74, 6) is 2.13.